The summed E-state index contributed by atoms with van der Waals surface area (Å²) in [6, 6.07) is 1.37. The van der Waals surface area contributed by atoms with Crippen molar-refractivity contribution in [3.05, 3.63) is 0 Å². The molecule has 0 aromatic carbocycles. The Labute approximate surface area is 69.8 Å². The van der Waals surface area contributed by atoms with Gasteiger partial charge in [-0.25, -0.2) is 0 Å². The third kappa shape index (κ3) is 2.80. The van der Waals surface area contributed by atoms with Crippen LogP contribution >= 0.6 is 0 Å². The maximum Gasteiger partial charge on any atom is 0.0207 e. The first-order chi connectivity index (χ1) is 5.20. The summed E-state index contributed by atoms with van der Waals surface area (Å²) in [5.74, 6) is 0.746. The van der Waals surface area contributed by atoms with Gasteiger partial charge in [-0.05, 0) is 25.8 Å². The van der Waals surface area contributed by atoms with Gasteiger partial charge in [0.25, 0.3) is 0 Å². The summed E-state index contributed by atoms with van der Waals surface area (Å²) in [5.41, 5.74) is 0. The van der Waals surface area contributed by atoms with Crippen LogP contribution in [0.1, 0.15) is 27.2 Å². The third-order valence-corrected chi connectivity index (χ3v) is 2.56. The van der Waals surface area contributed by atoms with Gasteiger partial charge in [0.15, 0.2) is 0 Å². The normalized spacial score (nSPS) is 27.8. The molecule has 1 rings (SSSR count). The molecule has 1 aliphatic rings. The zero-order valence-electron chi connectivity index (χ0n) is 7.85. The Morgan fingerprint density at radius 3 is 2.55 bits per heavy atom. The van der Waals surface area contributed by atoms with Gasteiger partial charge in [0.2, 0.25) is 0 Å². The first kappa shape index (κ1) is 9.01. The smallest absolute Gasteiger partial charge is 0.0207 e. The maximum atomic E-state index is 3.62. The van der Waals surface area contributed by atoms with Crippen molar-refractivity contribution >= 4 is 0 Å². The van der Waals surface area contributed by atoms with E-state index in [-0.39, 0.29) is 0 Å². The van der Waals surface area contributed by atoms with Crippen LogP contribution in [0.4, 0.5) is 0 Å². The van der Waals surface area contributed by atoms with Crippen LogP contribution in [0.3, 0.4) is 0 Å². The van der Waals surface area contributed by atoms with Gasteiger partial charge < -0.3 is 10.6 Å². The molecule has 1 saturated heterocycles. The molecule has 0 saturated carbocycles. The lowest BCUT2D eigenvalue weighted by Crippen LogP contribution is -2.40. The summed E-state index contributed by atoms with van der Waals surface area (Å²) in [4.78, 5) is 0. The average Bonchev–Trinajstić information content (AvgIpc) is 2.39. The Morgan fingerprint density at radius 1 is 1.36 bits per heavy atom. The minimum atomic E-state index is 0.653. The van der Waals surface area contributed by atoms with Crippen molar-refractivity contribution in [1.82, 2.24) is 10.6 Å². The second-order valence-corrected chi connectivity index (χ2v) is 3.89. The van der Waals surface area contributed by atoms with Crippen molar-refractivity contribution in [2.45, 2.75) is 39.3 Å². The molecule has 2 heteroatoms. The monoisotopic (exact) mass is 156 g/mol. The minimum Gasteiger partial charge on any atom is -0.315 e. The van der Waals surface area contributed by atoms with Crippen molar-refractivity contribution in [3.8, 4) is 0 Å². The molecule has 2 N–H and O–H groups in total. The van der Waals surface area contributed by atoms with Crippen LogP contribution in [0.2, 0.25) is 0 Å². The Hall–Kier alpha value is -0.0800. The van der Waals surface area contributed by atoms with E-state index in [1.165, 1.54) is 13.0 Å². The molecule has 1 aliphatic heterocycles. The lowest BCUT2D eigenvalue weighted by atomic mass is 10.1. The predicted molar refractivity (Wildman–Crippen MR) is 48.7 cm³/mol. The fraction of sp³-hybridized carbons (Fsp3) is 1.00. The van der Waals surface area contributed by atoms with E-state index < -0.39 is 0 Å². The van der Waals surface area contributed by atoms with Crippen LogP contribution in [0.15, 0.2) is 0 Å². The van der Waals surface area contributed by atoms with E-state index in [2.05, 4.69) is 31.4 Å². The molecule has 0 bridgehead atoms. The number of hydrogen-bond donors (Lipinski definition) is 2. The predicted octanol–water partition coefficient (Wildman–Crippen LogP) is 0.982. The molecule has 0 aromatic heterocycles. The van der Waals surface area contributed by atoms with Gasteiger partial charge in [-0.1, -0.05) is 13.8 Å². The average molecular weight is 156 g/mol. The minimum absolute atomic E-state index is 0.653. The fourth-order valence-corrected chi connectivity index (χ4v) is 1.36. The van der Waals surface area contributed by atoms with Gasteiger partial charge in [0, 0.05) is 18.6 Å². The zero-order chi connectivity index (χ0) is 8.27. The summed E-state index contributed by atoms with van der Waals surface area (Å²) in [6.45, 7) is 9.13. The lowest BCUT2D eigenvalue weighted by molar-refractivity contribution is 0.383. The summed E-state index contributed by atoms with van der Waals surface area (Å²) >= 11 is 0. The van der Waals surface area contributed by atoms with Crippen LogP contribution in [0.5, 0.6) is 0 Å². The van der Waals surface area contributed by atoms with E-state index >= 15 is 0 Å². The molecular weight excluding hydrogens is 136 g/mol. The Morgan fingerprint density at radius 2 is 2.09 bits per heavy atom. The Bertz CT molecular complexity index is 106. The van der Waals surface area contributed by atoms with E-state index in [1.807, 2.05) is 0 Å². The molecule has 1 heterocycles. The van der Waals surface area contributed by atoms with Gasteiger partial charge in [0.1, 0.15) is 0 Å². The van der Waals surface area contributed by atoms with E-state index in [4.69, 9.17) is 0 Å². The largest absolute Gasteiger partial charge is 0.315 e. The number of nitrogens with one attached hydrogen (secondary N) is 2. The molecule has 0 aliphatic carbocycles. The van der Waals surface area contributed by atoms with Crippen molar-refractivity contribution in [1.29, 1.82) is 0 Å². The summed E-state index contributed by atoms with van der Waals surface area (Å²) in [7, 11) is 0. The standard InChI is InChI=1S/C9H20N2/c1-7(2)8(3)11-9-4-5-10-6-9/h7-11H,4-6H2,1-3H3/t8-,9?/m1/s1. The highest BCUT2D eigenvalue weighted by Gasteiger charge is 2.17. The molecule has 0 spiro atoms. The van der Waals surface area contributed by atoms with Crippen molar-refractivity contribution in [3.63, 3.8) is 0 Å². The quantitative estimate of drug-likeness (QED) is 0.636. The number of hydrogen-bond acceptors (Lipinski definition) is 2. The SMILES string of the molecule is CC(C)[C@@H](C)NC1CCNC1. The van der Waals surface area contributed by atoms with Gasteiger partial charge in [-0.2, -0.15) is 0 Å². The van der Waals surface area contributed by atoms with Crippen LogP contribution in [0, 0.1) is 5.92 Å². The van der Waals surface area contributed by atoms with Crippen LogP contribution < -0.4 is 10.6 Å². The van der Waals surface area contributed by atoms with Crippen molar-refractivity contribution < 1.29 is 0 Å². The molecule has 1 fully saturated rings. The Balaban J connectivity index is 2.18. The molecule has 0 radical (unpaired) electrons. The highest BCUT2D eigenvalue weighted by atomic mass is 15.0. The van der Waals surface area contributed by atoms with E-state index in [0.29, 0.717) is 12.1 Å². The Kier molecular flexibility index (Phi) is 3.34. The second kappa shape index (κ2) is 4.07. The first-order valence-electron chi connectivity index (χ1n) is 4.67. The number of rotatable bonds is 3. The molecular formula is C9H20N2. The molecule has 0 aromatic rings. The third-order valence-electron chi connectivity index (χ3n) is 2.56. The van der Waals surface area contributed by atoms with Crippen LogP contribution in [-0.2, 0) is 0 Å². The molecule has 2 atom stereocenters. The maximum absolute atomic E-state index is 3.62. The first-order valence-corrected chi connectivity index (χ1v) is 4.67. The topological polar surface area (TPSA) is 24.1 Å². The lowest BCUT2D eigenvalue weighted by Gasteiger charge is -2.21. The van der Waals surface area contributed by atoms with Crippen LogP contribution in [-0.4, -0.2) is 25.2 Å². The van der Waals surface area contributed by atoms with E-state index in [1.54, 1.807) is 0 Å². The summed E-state index contributed by atoms with van der Waals surface area (Å²) < 4.78 is 0. The molecule has 11 heavy (non-hydrogen) atoms. The highest BCUT2D eigenvalue weighted by Crippen LogP contribution is 2.04. The summed E-state index contributed by atoms with van der Waals surface area (Å²) in [6.07, 6.45) is 1.29. The van der Waals surface area contributed by atoms with Crippen molar-refractivity contribution in [2.75, 3.05) is 13.1 Å². The molecule has 0 amide bonds. The fourth-order valence-electron chi connectivity index (χ4n) is 1.36. The highest BCUT2D eigenvalue weighted by molar-refractivity contribution is 4.80. The van der Waals surface area contributed by atoms with Gasteiger partial charge >= 0.3 is 0 Å². The van der Waals surface area contributed by atoms with Gasteiger partial charge in [-0.15, -0.1) is 0 Å². The van der Waals surface area contributed by atoms with Gasteiger partial charge in [-0.3, -0.25) is 0 Å². The van der Waals surface area contributed by atoms with Gasteiger partial charge in [0.05, 0.1) is 0 Å². The second-order valence-electron chi connectivity index (χ2n) is 3.89. The van der Waals surface area contributed by atoms with E-state index in [0.717, 1.165) is 12.5 Å². The summed E-state index contributed by atoms with van der Waals surface area (Å²) in [5, 5.41) is 6.97. The molecule has 1 unspecified atom stereocenters. The molecule has 66 valence electrons. The van der Waals surface area contributed by atoms with Crippen LogP contribution in [0.25, 0.3) is 0 Å². The molecule has 2 nitrogen and oxygen atoms in total. The van der Waals surface area contributed by atoms with E-state index in [9.17, 15) is 0 Å². The zero-order valence-corrected chi connectivity index (χ0v) is 7.85. The van der Waals surface area contributed by atoms with Crippen molar-refractivity contribution in [2.24, 2.45) is 5.92 Å².